The van der Waals surface area contributed by atoms with Crippen LogP contribution in [-0.4, -0.2) is 18.0 Å². The van der Waals surface area contributed by atoms with Crippen LogP contribution in [0.15, 0.2) is 24.3 Å². The van der Waals surface area contributed by atoms with E-state index >= 15 is 0 Å². The Balaban J connectivity index is 1.73. The molecular formula is C17H24N2O. The molecule has 1 fully saturated rings. The van der Waals surface area contributed by atoms with Crippen molar-refractivity contribution in [3.05, 3.63) is 35.4 Å². The zero-order chi connectivity index (χ0) is 14.3. The number of nitrogens with one attached hydrogen (secondary N) is 1. The van der Waals surface area contributed by atoms with Crippen LogP contribution in [0.5, 0.6) is 0 Å². The molecule has 3 N–H and O–H groups in total. The van der Waals surface area contributed by atoms with E-state index in [4.69, 9.17) is 5.73 Å². The summed E-state index contributed by atoms with van der Waals surface area (Å²) in [6, 6.07) is 8.78. The van der Waals surface area contributed by atoms with Gasteiger partial charge in [0.05, 0.1) is 5.92 Å². The Kier molecular flexibility index (Phi) is 3.33. The molecule has 2 aliphatic carbocycles. The van der Waals surface area contributed by atoms with Gasteiger partial charge in [0.25, 0.3) is 0 Å². The van der Waals surface area contributed by atoms with Gasteiger partial charge < -0.3 is 11.1 Å². The van der Waals surface area contributed by atoms with Crippen LogP contribution in [0.3, 0.4) is 0 Å². The number of amides is 1. The first-order valence-corrected chi connectivity index (χ1v) is 7.64. The summed E-state index contributed by atoms with van der Waals surface area (Å²) in [5.74, 6) is 0.203. The van der Waals surface area contributed by atoms with Crippen molar-refractivity contribution in [2.24, 2.45) is 11.1 Å². The molecule has 3 heteroatoms. The number of nitrogens with two attached hydrogens (primary N) is 1. The molecule has 0 heterocycles. The Morgan fingerprint density at radius 1 is 1.35 bits per heavy atom. The van der Waals surface area contributed by atoms with Crippen LogP contribution < -0.4 is 11.1 Å². The van der Waals surface area contributed by atoms with E-state index in [1.165, 1.54) is 11.1 Å². The molecule has 0 bridgehead atoms. The lowest BCUT2D eigenvalue weighted by Gasteiger charge is -2.50. The van der Waals surface area contributed by atoms with E-state index < -0.39 is 0 Å². The maximum Gasteiger partial charge on any atom is 0.227 e. The van der Waals surface area contributed by atoms with E-state index in [0.717, 1.165) is 25.7 Å². The topological polar surface area (TPSA) is 55.1 Å². The summed E-state index contributed by atoms with van der Waals surface area (Å²) in [5.41, 5.74) is 8.60. The van der Waals surface area contributed by atoms with Gasteiger partial charge in [-0.05, 0) is 36.8 Å². The lowest BCUT2D eigenvalue weighted by Crippen LogP contribution is -2.64. The fraction of sp³-hybridized carbons (Fsp3) is 0.588. The summed E-state index contributed by atoms with van der Waals surface area (Å²) in [7, 11) is 0. The largest absolute Gasteiger partial charge is 0.352 e. The van der Waals surface area contributed by atoms with Gasteiger partial charge in [0.2, 0.25) is 5.91 Å². The molecule has 2 aliphatic rings. The molecule has 0 saturated heterocycles. The first-order valence-electron chi connectivity index (χ1n) is 7.64. The highest BCUT2D eigenvalue weighted by Crippen LogP contribution is 2.40. The molecule has 3 unspecified atom stereocenters. The van der Waals surface area contributed by atoms with Crippen LogP contribution >= 0.6 is 0 Å². The van der Waals surface area contributed by atoms with E-state index in [-0.39, 0.29) is 29.3 Å². The SMILES string of the molecule is CC1(C)C(N)CC1NC(=O)C1CCCc2ccccc21. The lowest BCUT2D eigenvalue weighted by atomic mass is 9.63. The molecule has 1 aromatic rings. The predicted molar refractivity (Wildman–Crippen MR) is 80.4 cm³/mol. The van der Waals surface area contributed by atoms with E-state index in [2.05, 4.69) is 37.4 Å². The number of carbonyl (C=O) groups is 1. The Labute approximate surface area is 120 Å². The van der Waals surface area contributed by atoms with Gasteiger partial charge in [-0.3, -0.25) is 4.79 Å². The van der Waals surface area contributed by atoms with Crippen LogP contribution in [0.25, 0.3) is 0 Å². The zero-order valence-corrected chi connectivity index (χ0v) is 12.4. The van der Waals surface area contributed by atoms with Crippen LogP contribution in [-0.2, 0) is 11.2 Å². The normalized spacial score (nSPS) is 31.1. The lowest BCUT2D eigenvalue weighted by molar-refractivity contribution is -0.126. The van der Waals surface area contributed by atoms with Crippen LogP contribution in [0.2, 0.25) is 0 Å². The molecule has 108 valence electrons. The van der Waals surface area contributed by atoms with Gasteiger partial charge in [0, 0.05) is 17.5 Å². The highest BCUT2D eigenvalue weighted by Gasteiger charge is 2.47. The molecule has 3 nitrogen and oxygen atoms in total. The fourth-order valence-corrected chi connectivity index (χ4v) is 3.50. The number of benzene rings is 1. The molecule has 0 aromatic heterocycles. The maximum atomic E-state index is 12.6. The number of hydrogen-bond acceptors (Lipinski definition) is 2. The van der Waals surface area contributed by atoms with Crippen molar-refractivity contribution >= 4 is 5.91 Å². The van der Waals surface area contributed by atoms with Gasteiger partial charge in [-0.2, -0.15) is 0 Å². The molecule has 20 heavy (non-hydrogen) atoms. The first kappa shape index (κ1) is 13.6. The maximum absolute atomic E-state index is 12.6. The smallest absolute Gasteiger partial charge is 0.227 e. The minimum Gasteiger partial charge on any atom is -0.352 e. The third kappa shape index (κ3) is 2.14. The van der Waals surface area contributed by atoms with Crippen LogP contribution in [0, 0.1) is 5.41 Å². The summed E-state index contributed by atoms with van der Waals surface area (Å²) in [6.45, 7) is 4.28. The Hall–Kier alpha value is -1.35. The standard InChI is InChI=1S/C17H24N2O/c1-17(2)14(18)10-15(17)19-16(20)13-9-5-7-11-6-3-4-8-12(11)13/h3-4,6,8,13-15H,5,7,9-10,18H2,1-2H3,(H,19,20). The van der Waals surface area contributed by atoms with Gasteiger partial charge in [-0.15, -0.1) is 0 Å². The van der Waals surface area contributed by atoms with Crippen molar-refractivity contribution in [2.45, 2.75) is 57.5 Å². The molecular weight excluding hydrogens is 248 g/mol. The number of fused-ring (bicyclic) bond motifs is 1. The Morgan fingerprint density at radius 3 is 2.80 bits per heavy atom. The fourth-order valence-electron chi connectivity index (χ4n) is 3.50. The predicted octanol–water partition coefficient (Wildman–Crippen LogP) is 2.35. The van der Waals surface area contributed by atoms with E-state index in [0.29, 0.717) is 0 Å². The summed E-state index contributed by atoms with van der Waals surface area (Å²) in [4.78, 5) is 12.6. The second kappa shape index (κ2) is 4.88. The van der Waals surface area contributed by atoms with Crippen molar-refractivity contribution in [1.82, 2.24) is 5.32 Å². The molecule has 0 radical (unpaired) electrons. The van der Waals surface area contributed by atoms with Gasteiger partial charge in [-0.1, -0.05) is 38.1 Å². The number of aryl methyl sites for hydroxylation is 1. The third-order valence-corrected chi connectivity index (χ3v) is 5.35. The van der Waals surface area contributed by atoms with Crippen LogP contribution in [0.1, 0.15) is 50.2 Å². The third-order valence-electron chi connectivity index (χ3n) is 5.35. The zero-order valence-electron chi connectivity index (χ0n) is 12.4. The molecule has 1 saturated carbocycles. The van der Waals surface area contributed by atoms with Gasteiger partial charge in [0.15, 0.2) is 0 Å². The van der Waals surface area contributed by atoms with Crippen molar-refractivity contribution in [3.8, 4) is 0 Å². The molecule has 3 atom stereocenters. The molecule has 0 spiro atoms. The molecule has 1 amide bonds. The van der Waals surface area contributed by atoms with Crippen molar-refractivity contribution in [3.63, 3.8) is 0 Å². The van der Waals surface area contributed by atoms with Crippen molar-refractivity contribution in [2.75, 3.05) is 0 Å². The second-order valence-corrected chi connectivity index (χ2v) is 6.87. The Morgan fingerprint density at radius 2 is 2.10 bits per heavy atom. The number of carbonyl (C=O) groups excluding carboxylic acids is 1. The summed E-state index contributed by atoms with van der Waals surface area (Å²) in [5, 5.41) is 3.23. The number of rotatable bonds is 2. The monoisotopic (exact) mass is 272 g/mol. The summed E-state index contributed by atoms with van der Waals surface area (Å²) < 4.78 is 0. The second-order valence-electron chi connectivity index (χ2n) is 6.87. The Bertz CT molecular complexity index is 523. The molecule has 0 aliphatic heterocycles. The minimum absolute atomic E-state index is 0.0177. The van der Waals surface area contributed by atoms with E-state index in [1.807, 2.05) is 6.07 Å². The van der Waals surface area contributed by atoms with Crippen molar-refractivity contribution < 1.29 is 4.79 Å². The average Bonchev–Trinajstić information content (AvgIpc) is 2.46. The van der Waals surface area contributed by atoms with Gasteiger partial charge >= 0.3 is 0 Å². The molecule has 1 aromatic carbocycles. The highest BCUT2D eigenvalue weighted by molar-refractivity contribution is 5.84. The van der Waals surface area contributed by atoms with E-state index in [9.17, 15) is 4.79 Å². The molecule has 3 rings (SSSR count). The van der Waals surface area contributed by atoms with Gasteiger partial charge in [0.1, 0.15) is 0 Å². The first-order chi connectivity index (χ1) is 9.50. The van der Waals surface area contributed by atoms with Gasteiger partial charge in [-0.25, -0.2) is 0 Å². The summed E-state index contributed by atoms with van der Waals surface area (Å²) >= 11 is 0. The summed E-state index contributed by atoms with van der Waals surface area (Å²) in [6.07, 6.45) is 4.05. The highest BCUT2D eigenvalue weighted by atomic mass is 16.2. The minimum atomic E-state index is 0.0177. The number of hydrogen-bond donors (Lipinski definition) is 2. The van der Waals surface area contributed by atoms with Crippen molar-refractivity contribution in [1.29, 1.82) is 0 Å². The van der Waals surface area contributed by atoms with Crippen LogP contribution in [0.4, 0.5) is 0 Å². The average molecular weight is 272 g/mol. The quantitative estimate of drug-likeness (QED) is 0.868. The van der Waals surface area contributed by atoms with E-state index in [1.54, 1.807) is 0 Å².